The third-order valence-corrected chi connectivity index (χ3v) is 5.76. The van der Waals surface area contributed by atoms with Gasteiger partial charge in [-0.2, -0.15) is 0 Å². The molecule has 0 spiro atoms. The minimum Gasteiger partial charge on any atom is -0.436 e. The van der Waals surface area contributed by atoms with Crippen LogP contribution >= 0.6 is 15.9 Å². The summed E-state index contributed by atoms with van der Waals surface area (Å²) in [7, 11) is 1.64. The van der Waals surface area contributed by atoms with Gasteiger partial charge in [-0.1, -0.05) is 41.9 Å². The molecule has 3 unspecified atom stereocenters. The van der Waals surface area contributed by atoms with Crippen LogP contribution in [0.5, 0.6) is 0 Å². The summed E-state index contributed by atoms with van der Waals surface area (Å²) in [5, 5.41) is 0. The Morgan fingerprint density at radius 1 is 1.33 bits per heavy atom. The van der Waals surface area contributed by atoms with Gasteiger partial charge in [-0.25, -0.2) is 9.78 Å². The van der Waals surface area contributed by atoms with Gasteiger partial charge in [0, 0.05) is 24.0 Å². The highest BCUT2D eigenvalue weighted by Crippen LogP contribution is 2.36. The van der Waals surface area contributed by atoms with Crippen molar-refractivity contribution >= 4 is 27.9 Å². The first-order valence-electron chi connectivity index (χ1n) is 9.86. The lowest BCUT2D eigenvalue weighted by molar-refractivity contribution is -0.143. The van der Waals surface area contributed by atoms with Crippen molar-refractivity contribution in [1.82, 2.24) is 14.9 Å². The van der Waals surface area contributed by atoms with E-state index < -0.39 is 12.2 Å². The predicted molar refractivity (Wildman–Crippen MR) is 115 cm³/mol. The van der Waals surface area contributed by atoms with E-state index in [-0.39, 0.29) is 23.8 Å². The molecule has 1 aromatic heterocycles. The summed E-state index contributed by atoms with van der Waals surface area (Å²) in [6.07, 6.45) is 0.577. The first-order valence-corrected chi connectivity index (χ1v) is 10.7. The SMILES string of the molecule is COCC1CC(c2ncc(-c3ccc(Br)cc3)[nH]2)N(C(=O)C(OC(N)=O)C(C)C)C1. The molecule has 1 fully saturated rings. The van der Waals surface area contributed by atoms with Gasteiger partial charge in [0.05, 0.1) is 24.5 Å². The Morgan fingerprint density at radius 2 is 2.03 bits per heavy atom. The molecule has 2 aromatic rings. The number of nitrogens with one attached hydrogen (secondary N) is 1. The molecule has 8 nitrogen and oxygen atoms in total. The number of nitrogens with zero attached hydrogens (tertiary/aromatic N) is 2. The van der Waals surface area contributed by atoms with E-state index in [9.17, 15) is 9.59 Å². The van der Waals surface area contributed by atoms with Crippen LogP contribution in [0.3, 0.4) is 0 Å². The molecule has 1 saturated heterocycles. The molecule has 1 aliphatic rings. The summed E-state index contributed by atoms with van der Waals surface area (Å²) < 4.78 is 11.4. The molecule has 3 rings (SSSR count). The lowest BCUT2D eigenvalue weighted by atomic mass is 10.0. The maximum absolute atomic E-state index is 13.3. The van der Waals surface area contributed by atoms with Crippen LogP contribution in [0.1, 0.15) is 32.1 Å². The van der Waals surface area contributed by atoms with Crippen molar-refractivity contribution in [3.63, 3.8) is 0 Å². The van der Waals surface area contributed by atoms with Gasteiger partial charge in [-0.3, -0.25) is 4.79 Å². The fraction of sp³-hybridized carbons (Fsp3) is 0.476. The number of carbonyl (C=O) groups is 2. The summed E-state index contributed by atoms with van der Waals surface area (Å²) in [5.41, 5.74) is 7.06. The second-order valence-electron chi connectivity index (χ2n) is 7.85. The molecule has 2 heterocycles. The van der Waals surface area contributed by atoms with E-state index in [1.807, 2.05) is 38.1 Å². The van der Waals surface area contributed by atoms with Crippen molar-refractivity contribution in [1.29, 1.82) is 0 Å². The second-order valence-corrected chi connectivity index (χ2v) is 8.77. The Labute approximate surface area is 184 Å². The molecule has 30 heavy (non-hydrogen) atoms. The maximum atomic E-state index is 13.3. The van der Waals surface area contributed by atoms with E-state index in [2.05, 4.69) is 25.9 Å². The van der Waals surface area contributed by atoms with E-state index in [4.69, 9.17) is 15.2 Å². The van der Waals surface area contributed by atoms with Crippen molar-refractivity contribution in [3.8, 4) is 11.3 Å². The first-order chi connectivity index (χ1) is 14.3. The molecule has 2 amide bonds. The quantitative estimate of drug-likeness (QED) is 0.632. The van der Waals surface area contributed by atoms with Gasteiger partial charge in [-0.05, 0) is 30.0 Å². The van der Waals surface area contributed by atoms with Crippen LogP contribution in [-0.2, 0) is 14.3 Å². The number of carbonyl (C=O) groups excluding carboxylic acids is 2. The summed E-state index contributed by atoms with van der Waals surface area (Å²) in [6, 6.07) is 7.64. The molecule has 162 valence electrons. The Bertz CT molecular complexity index is 883. The predicted octanol–water partition coefficient (Wildman–Crippen LogP) is 3.50. The van der Waals surface area contributed by atoms with Gasteiger partial charge in [0.2, 0.25) is 0 Å². The molecule has 0 bridgehead atoms. The Balaban J connectivity index is 1.87. The number of hydrogen-bond donors (Lipinski definition) is 2. The number of aromatic nitrogens is 2. The van der Waals surface area contributed by atoms with Gasteiger partial charge in [0.25, 0.3) is 5.91 Å². The van der Waals surface area contributed by atoms with Gasteiger partial charge in [0.1, 0.15) is 5.82 Å². The summed E-state index contributed by atoms with van der Waals surface area (Å²) in [5.74, 6) is 0.379. The summed E-state index contributed by atoms with van der Waals surface area (Å²) in [6.45, 7) is 4.67. The minimum atomic E-state index is -0.957. The highest BCUT2D eigenvalue weighted by molar-refractivity contribution is 9.10. The number of nitrogens with two attached hydrogens (primary N) is 1. The number of amides is 2. The molecule has 3 atom stereocenters. The second kappa shape index (κ2) is 9.61. The molecule has 1 aromatic carbocycles. The number of hydrogen-bond acceptors (Lipinski definition) is 5. The number of likely N-dealkylation sites (tertiary alicyclic amines) is 1. The summed E-state index contributed by atoms with van der Waals surface area (Å²) in [4.78, 5) is 34.2. The monoisotopic (exact) mass is 478 g/mol. The molecule has 0 aliphatic carbocycles. The number of halogens is 1. The van der Waals surface area contributed by atoms with Gasteiger partial charge < -0.3 is 25.1 Å². The molecule has 3 N–H and O–H groups in total. The van der Waals surface area contributed by atoms with Crippen molar-refractivity contribution < 1.29 is 19.1 Å². The fourth-order valence-electron chi connectivity index (χ4n) is 3.82. The van der Waals surface area contributed by atoms with Crippen LogP contribution in [0.25, 0.3) is 11.3 Å². The largest absolute Gasteiger partial charge is 0.436 e. The maximum Gasteiger partial charge on any atom is 0.405 e. The van der Waals surface area contributed by atoms with Crippen LogP contribution in [0.15, 0.2) is 34.9 Å². The topological polar surface area (TPSA) is 111 Å². The third kappa shape index (κ3) is 5.02. The van der Waals surface area contributed by atoms with E-state index in [1.165, 1.54) is 0 Å². The lowest BCUT2D eigenvalue weighted by Gasteiger charge is -2.29. The number of imidazole rings is 1. The number of aromatic amines is 1. The highest BCUT2D eigenvalue weighted by atomic mass is 79.9. The van der Waals surface area contributed by atoms with Crippen molar-refractivity contribution in [3.05, 3.63) is 40.8 Å². The zero-order valence-electron chi connectivity index (χ0n) is 17.3. The number of primary amides is 1. The first kappa shape index (κ1) is 22.3. The molecule has 0 radical (unpaired) electrons. The number of rotatable bonds is 7. The molecule has 0 saturated carbocycles. The van der Waals surface area contributed by atoms with Crippen LogP contribution < -0.4 is 5.73 Å². The average Bonchev–Trinajstić information content (AvgIpc) is 3.33. The molecular formula is C21H27BrN4O4. The van der Waals surface area contributed by atoms with E-state index in [0.717, 1.165) is 15.7 Å². The lowest BCUT2D eigenvalue weighted by Crippen LogP contribution is -2.45. The van der Waals surface area contributed by atoms with E-state index in [1.54, 1.807) is 18.2 Å². The minimum absolute atomic E-state index is 0.159. The Kier molecular flexibility index (Phi) is 7.14. The van der Waals surface area contributed by atoms with E-state index in [0.29, 0.717) is 25.4 Å². The number of benzene rings is 1. The Hall–Kier alpha value is -2.39. The van der Waals surface area contributed by atoms with E-state index >= 15 is 0 Å². The zero-order chi connectivity index (χ0) is 21.8. The summed E-state index contributed by atoms with van der Waals surface area (Å²) >= 11 is 3.44. The van der Waals surface area contributed by atoms with Crippen molar-refractivity contribution in [2.24, 2.45) is 17.6 Å². The number of methoxy groups -OCH3 is 1. The molecular weight excluding hydrogens is 452 g/mol. The van der Waals surface area contributed by atoms with Gasteiger partial charge >= 0.3 is 6.09 Å². The van der Waals surface area contributed by atoms with Crippen LogP contribution in [0, 0.1) is 11.8 Å². The van der Waals surface area contributed by atoms with Gasteiger partial charge in [-0.15, -0.1) is 0 Å². The normalized spacial score (nSPS) is 19.8. The fourth-order valence-corrected chi connectivity index (χ4v) is 4.09. The number of H-pyrrole nitrogens is 1. The van der Waals surface area contributed by atoms with Gasteiger partial charge in [0.15, 0.2) is 6.10 Å². The molecule has 1 aliphatic heterocycles. The third-order valence-electron chi connectivity index (χ3n) is 5.23. The van der Waals surface area contributed by atoms with Crippen molar-refractivity contribution in [2.75, 3.05) is 20.3 Å². The number of ether oxygens (including phenoxy) is 2. The molecule has 9 heteroatoms. The average molecular weight is 479 g/mol. The van der Waals surface area contributed by atoms with Crippen LogP contribution in [0.4, 0.5) is 4.79 Å². The zero-order valence-corrected chi connectivity index (χ0v) is 18.9. The highest BCUT2D eigenvalue weighted by Gasteiger charge is 2.42. The van der Waals surface area contributed by atoms with Crippen LogP contribution in [-0.4, -0.2) is 53.2 Å². The van der Waals surface area contributed by atoms with Crippen molar-refractivity contribution in [2.45, 2.75) is 32.4 Å². The Morgan fingerprint density at radius 3 is 2.63 bits per heavy atom. The smallest absolute Gasteiger partial charge is 0.405 e. The standard InChI is InChI=1S/C21H27BrN4O4/c1-12(2)18(30-21(23)28)20(27)26-10-13(11-29-3)8-17(26)19-24-9-16(25-19)14-4-6-15(22)7-5-14/h4-7,9,12-13,17-18H,8,10-11H2,1-3H3,(H2,23,28)(H,24,25). The van der Waals surface area contributed by atoms with Crippen LogP contribution in [0.2, 0.25) is 0 Å².